The van der Waals surface area contributed by atoms with Gasteiger partial charge in [-0.15, -0.1) is 23.1 Å². The molecular formula is C18H16N2OS2. The molecule has 5 heteroatoms. The summed E-state index contributed by atoms with van der Waals surface area (Å²) in [4.78, 5) is 17.9. The van der Waals surface area contributed by atoms with Gasteiger partial charge in [-0.25, -0.2) is 4.98 Å². The average molecular weight is 340 g/mol. The second-order valence-electron chi connectivity index (χ2n) is 4.82. The lowest BCUT2D eigenvalue weighted by atomic mass is 10.2. The fraction of sp³-hybridized carbons (Fsp3) is 0.111. The molecule has 0 aliphatic heterocycles. The molecule has 0 radical (unpaired) electrons. The molecular weight excluding hydrogens is 324 g/mol. The lowest BCUT2D eigenvalue weighted by molar-refractivity contribution is 0.102. The van der Waals surface area contributed by atoms with Crippen LogP contribution < -0.4 is 5.32 Å². The van der Waals surface area contributed by atoms with Gasteiger partial charge in [-0.2, -0.15) is 0 Å². The number of thiazole rings is 1. The molecule has 3 aromatic rings. The van der Waals surface area contributed by atoms with Crippen molar-refractivity contribution in [1.29, 1.82) is 0 Å². The van der Waals surface area contributed by atoms with E-state index in [1.165, 1.54) is 16.2 Å². The number of thioether (sulfide) groups is 1. The monoisotopic (exact) mass is 340 g/mol. The van der Waals surface area contributed by atoms with E-state index in [-0.39, 0.29) is 5.91 Å². The molecule has 1 N–H and O–H groups in total. The van der Waals surface area contributed by atoms with Gasteiger partial charge < -0.3 is 0 Å². The zero-order valence-electron chi connectivity index (χ0n) is 12.7. The first-order valence-electron chi connectivity index (χ1n) is 7.31. The number of benzene rings is 2. The highest BCUT2D eigenvalue weighted by atomic mass is 32.2. The maximum absolute atomic E-state index is 12.3. The van der Waals surface area contributed by atoms with Gasteiger partial charge in [0.25, 0.3) is 5.91 Å². The Morgan fingerprint density at radius 2 is 1.87 bits per heavy atom. The number of nitrogens with one attached hydrogen (secondary N) is 1. The molecule has 1 heterocycles. The topological polar surface area (TPSA) is 42.0 Å². The van der Waals surface area contributed by atoms with Gasteiger partial charge in [-0.3, -0.25) is 10.1 Å². The molecule has 0 aliphatic carbocycles. The van der Waals surface area contributed by atoms with Gasteiger partial charge in [0.2, 0.25) is 0 Å². The highest BCUT2D eigenvalue weighted by Gasteiger charge is 2.10. The molecule has 0 atom stereocenters. The van der Waals surface area contributed by atoms with Crippen molar-refractivity contribution < 1.29 is 4.79 Å². The summed E-state index contributed by atoms with van der Waals surface area (Å²) < 4.78 is 0. The number of anilines is 1. The average Bonchev–Trinajstić information content (AvgIpc) is 3.05. The minimum absolute atomic E-state index is 0.132. The van der Waals surface area contributed by atoms with E-state index in [1.807, 2.05) is 60.0 Å². The van der Waals surface area contributed by atoms with E-state index in [4.69, 9.17) is 0 Å². The third kappa shape index (κ3) is 4.00. The van der Waals surface area contributed by atoms with Crippen molar-refractivity contribution in [2.24, 2.45) is 0 Å². The van der Waals surface area contributed by atoms with Crippen molar-refractivity contribution in [1.82, 2.24) is 4.98 Å². The summed E-state index contributed by atoms with van der Waals surface area (Å²) in [7, 11) is 0. The van der Waals surface area contributed by atoms with E-state index in [2.05, 4.69) is 17.2 Å². The summed E-state index contributed by atoms with van der Waals surface area (Å²) in [5, 5.41) is 5.42. The van der Waals surface area contributed by atoms with Crippen molar-refractivity contribution in [3.63, 3.8) is 0 Å². The summed E-state index contributed by atoms with van der Waals surface area (Å²) in [5.74, 6) is 0.888. The van der Waals surface area contributed by atoms with E-state index in [0.717, 1.165) is 17.0 Å². The van der Waals surface area contributed by atoms with Crippen LogP contribution in [0.25, 0.3) is 11.3 Å². The van der Waals surface area contributed by atoms with Crippen LogP contribution in [0.15, 0.2) is 64.9 Å². The Morgan fingerprint density at radius 1 is 1.13 bits per heavy atom. The van der Waals surface area contributed by atoms with Crippen molar-refractivity contribution in [2.75, 3.05) is 11.1 Å². The van der Waals surface area contributed by atoms with E-state index in [1.54, 1.807) is 11.8 Å². The molecule has 23 heavy (non-hydrogen) atoms. The smallest absolute Gasteiger partial charge is 0.257 e. The summed E-state index contributed by atoms with van der Waals surface area (Å²) in [6.07, 6.45) is 0. The minimum Gasteiger partial charge on any atom is -0.298 e. The Balaban J connectivity index is 1.69. The van der Waals surface area contributed by atoms with Crippen LogP contribution in [0.1, 0.15) is 17.3 Å². The van der Waals surface area contributed by atoms with Crippen LogP contribution >= 0.6 is 23.1 Å². The molecule has 3 rings (SSSR count). The number of amides is 1. The SMILES string of the molecule is CCSc1ccc(C(=O)Nc2nc(-c3ccccc3)cs2)cc1. The zero-order chi connectivity index (χ0) is 16.1. The largest absolute Gasteiger partial charge is 0.298 e. The second-order valence-corrected chi connectivity index (χ2v) is 7.01. The Kier molecular flexibility index (Phi) is 5.10. The number of rotatable bonds is 5. The quantitative estimate of drug-likeness (QED) is 0.651. The molecule has 0 fully saturated rings. The molecule has 0 unspecified atom stereocenters. The first-order chi connectivity index (χ1) is 11.3. The third-order valence-corrected chi connectivity index (χ3v) is 4.87. The molecule has 0 saturated heterocycles. The van der Waals surface area contributed by atoms with Gasteiger partial charge in [-0.1, -0.05) is 37.3 Å². The van der Waals surface area contributed by atoms with Crippen molar-refractivity contribution in [2.45, 2.75) is 11.8 Å². The van der Waals surface area contributed by atoms with E-state index >= 15 is 0 Å². The summed E-state index contributed by atoms with van der Waals surface area (Å²) >= 11 is 3.19. The number of hydrogen-bond donors (Lipinski definition) is 1. The lowest BCUT2D eigenvalue weighted by Gasteiger charge is -2.03. The van der Waals surface area contributed by atoms with Gasteiger partial charge in [0.05, 0.1) is 5.69 Å². The predicted octanol–water partition coefficient (Wildman–Crippen LogP) is 5.17. The fourth-order valence-electron chi connectivity index (χ4n) is 2.11. The van der Waals surface area contributed by atoms with Crippen molar-refractivity contribution >= 4 is 34.1 Å². The number of carbonyl (C=O) groups is 1. The Hall–Kier alpha value is -2.11. The second kappa shape index (κ2) is 7.44. The minimum atomic E-state index is -0.132. The van der Waals surface area contributed by atoms with Crippen LogP contribution in [0.3, 0.4) is 0 Å². The molecule has 0 spiro atoms. The lowest BCUT2D eigenvalue weighted by Crippen LogP contribution is -2.11. The zero-order valence-corrected chi connectivity index (χ0v) is 14.3. The molecule has 1 amide bonds. The Morgan fingerprint density at radius 3 is 2.57 bits per heavy atom. The summed E-state index contributed by atoms with van der Waals surface area (Å²) in [5.41, 5.74) is 2.56. The Bertz CT molecular complexity index is 782. The predicted molar refractivity (Wildman–Crippen MR) is 98.3 cm³/mol. The van der Waals surface area contributed by atoms with Crippen LogP contribution in [-0.4, -0.2) is 16.6 Å². The summed E-state index contributed by atoms with van der Waals surface area (Å²) in [6.45, 7) is 2.11. The molecule has 3 nitrogen and oxygen atoms in total. The number of hydrogen-bond acceptors (Lipinski definition) is 4. The Labute approximate surface area is 143 Å². The van der Waals surface area contributed by atoms with Crippen molar-refractivity contribution in [3.05, 3.63) is 65.5 Å². The molecule has 1 aromatic heterocycles. The third-order valence-electron chi connectivity index (χ3n) is 3.22. The molecule has 116 valence electrons. The number of aromatic nitrogens is 1. The molecule has 0 aliphatic rings. The van der Waals surface area contributed by atoms with Gasteiger partial charge in [0, 0.05) is 21.4 Å². The van der Waals surface area contributed by atoms with E-state index < -0.39 is 0 Å². The number of carbonyl (C=O) groups excluding carboxylic acids is 1. The maximum Gasteiger partial charge on any atom is 0.257 e. The highest BCUT2D eigenvalue weighted by Crippen LogP contribution is 2.25. The van der Waals surface area contributed by atoms with Crippen LogP contribution in [0.2, 0.25) is 0 Å². The van der Waals surface area contributed by atoms with Crippen molar-refractivity contribution in [3.8, 4) is 11.3 Å². The molecule has 0 saturated carbocycles. The number of nitrogens with zero attached hydrogens (tertiary/aromatic N) is 1. The van der Waals surface area contributed by atoms with Gasteiger partial charge in [0.1, 0.15) is 0 Å². The van der Waals surface area contributed by atoms with Crippen LogP contribution in [0.5, 0.6) is 0 Å². The standard InChI is InChI=1S/C18H16N2OS2/c1-2-22-15-10-8-14(9-11-15)17(21)20-18-19-16(12-23-18)13-6-4-3-5-7-13/h3-12H,2H2,1H3,(H,19,20,21). The van der Waals surface area contributed by atoms with Crippen LogP contribution in [0.4, 0.5) is 5.13 Å². The highest BCUT2D eigenvalue weighted by molar-refractivity contribution is 7.99. The van der Waals surface area contributed by atoms with Crippen LogP contribution in [-0.2, 0) is 0 Å². The summed E-state index contributed by atoms with van der Waals surface area (Å²) in [6, 6.07) is 17.6. The van der Waals surface area contributed by atoms with E-state index in [9.17, 15) is 4.79 Å². The molecule has 2 aromatic carbocycles. The van der Waals surface area contributed by atoms with Crippen LogP contribution in [0, 0.1) is 0 Å². The first kappa shape index (κ1) is 15.8. The normalized spacial score (nSPS) is 10.5. The van der Waals surface area contributed by atoms with Gasteiger partial charge in [0.15, 0.2) is 5.13 Å². The molecule has 0 bridgehead atoms. The van der Waals surface area contributed by atoms with Gasteiger partial charge in [-0.05, 0) is 30.0 Å². The van der Waals surface area contributed by atoms with E-state index in [0.29, 0.717) is 10.7 Å². The van der Waals surface area contributed by atoms with Gasteiger partial charge >= 0.3 is 0 Å². The first-order valence-corrected chi connectivity index (χ1v) is 9.18. The fourth-order valence-corrected chi connectivity index (χ4v) is 3.49. The maximum atomic E-state index is 12.3.